The summed E-state index contributed by atoms with van der Waals surface area (Å²) in [6, 6.07) is 15.9. The van der Waals surface area contributed by atoms with E-state index in [4.69, 9.17) is 16.3 Å². The summed E-state index contributed by atoms with van der Waals surface area (Å²) in [5.74, 6) is -0.0419. The van der Waals surface area contributed by atoms with E-state index in [1.165, 1.54) is 0 Å². The van der Waals surface area contributed by atoms with Crippen molar-refractivity contribution in [3.63, 3.8) is 0 Å². The maximum Gasteiger partial charge on any atom is 0.253 e. The molecule has 0 atom stereocenters. The Morgan fingerprint density at radius 3 is 2.74 bits per heavy atom. The molecule has 1 aliphatic heterocycles. The van der Waals surface area contributed by atoms with Crippen LogP contribution in [0.4, 0.5) is 0 Å². The summed E-state index contributed by atoms with van der Waals surface area (Å²) in [6.07, 6.45) is 3.63. The van der Waals surface area contributed by atoms with Gasteiger partial charge in [-0.15, -0.1) is 0 Å². The van der Waals surface area contributed by atoms with Crippen LogP contribution in [0.2, 0.25) is 5.02 Å². The lowest BCUT2D eigenvalue weighted by Crippen LogP contribution is -2.44. The van der Waals surface area contributed by atoms with E-state index in [0.29, 0.717) is 25.3 Å². The number of carbonyl (C=O) groups excluding carboxylic acids is 1. The third-order valence-electron chi connectivity index (χ3n) is 5.62. The molecule has 4 nitrogen and oxygen atoms in total. The van der Waals surface area contributed by atoms with Gasteiger partial charge in [0.2, 0.25) is 0 Å². The number of para-hydroxylation sites is 1. The molecule has 4 rings (SSSR count). The van der Waals surface area contributed by atoms with Crippen molar-refractivity contribution in [3.05, 3.63) is 70.9 Å². The van der Waals surface area contributed by atoms with Crippen LogP contribution in [0, 0.1) is 0 Å². The molecule has 1 amide bonds. The average Bonchev–Trinajstić information content (AvgIpc) is 3.04. The number of aromatic nitrogens is 1. The molecule has 3 aromatic rings. The van der Waals surface area contributed by atoms with Crippen molar-refractivity contribution in [1.82, 2.24) is 9.88 Å². The van der Waals surface area contributed by atoms with Gasteiger partial charge in [0.15, 0.2) is 0 Å². The lowest BCUT2D eigenvalue weighted by molar-refractivity contribution is 0.0487. The second-order valence-electron chi connectivity index (χ2n) is 7.26. The Bertz CT molecular complexity index is 973. The largest absolute Gasteiger partial charge is 0.381 e. The van der Waals surface area contributed by atoms with Gasteiger partial charge in [-0.2, -0.15) is 0 Å². The number of amides is 1. The number of hydrogen-bond acceptors (Lipinski definition) is 2. The Morgan fingerprint density at radius 1 is 1.19 bits per heavy atom. The van der Waals surface area contributed by atoms with Crippen molar-refractivity contribution in [2.45, 2.75) is 18.3 Å². The van der Waals surface area contributed by atoms with Crippen LogP contribution in [-0.2, 0) is 17.2 Å². The number of benzene rings is 2. The van der Waals surface area contributed by atoms with E-state index in [-0.39, 0.29) is 11.3 Å². The number of rotatable bonds is 4. The first-order valence-electron chi connectivity index (χ1n) is 9.25. The Kier molecular flexibility index (Phi) is 4.94. The monoisotopic (exact) mass is 382 g/mol. The molecular weight excluding hydrogens is 360 g/mol. The fraction of sp³-hybridized carbons (Fsp3) is 0.318. The van der Waals surface area contributed by atoms with Crippen molar-refractivity contribution in [3.8, 4) is 0 Å². The standard InChI is InChI=1S/C22H23ClN2O2/c1-25-14-19(18-7-2-3-8-20(18)25)21(26)24-15-22(9-11-27-12-10-22)16-5-4-6-17(23)13-16/h2-8,13-14H,9-12,15H2,1H3,(H,24,26). The zero-order valence-electron chi connectivity index (χ0n) is 15.4. The van der Waals surface area contributed by atoms with Gasteiger partial charge in [0.25, 0.3) is 5.91 Å². The summed E-state index contributed by atoms with van der Waals surface area (Å²) in [5.41, 5.74) is 2.78. The van der Waals surface area contributed by atoms with Crippen LogP contribution in [0.25, 0.3) is 10.9 Å². The molecule has 0 spiro atoms. The summed E-state index contributed by atoms with van der Waals surface area (Å²) in [6.45, 7) is 1.95. The predicted molar refractivity (Wildman–Crippen MR) is 108 cm³/mol. The topological polar surface area (TPSA) is 43.3 Å². The van der Waals surface area contributed by atoms with Gasteiger partial charge < -0.3 is 14.6 Å². The minimum Gasteiger partial charge on any atom is -0.381 e. The number of halogens is 1. The van der Waals surface area contributed by atoms with Gasteiger partial charge >= 0.3 is 0 Å². The predicted octanol–water partition coefficient (Wildman–Crippen LogP) is 4.31. The summed E-state index contributed by atoms with van der Waals surface area (Å²) >= 11 is 6.23. The molecule has 0 saturated carbocycles. The SMILES string of the molecule is Cn1cc(C(=O)NCC2(c3cccc(Cl)c3)CCOCC2)c2ccccc21. The van der Waals surface area contributed by atoms with Crippen LogP contribution in [0.1, 0.15) is 28.8 Å². The lowest BCUT2D eigenvalue weighted by atomic mass is 9.74. The number of hydrogen-bond donors (Lipinski definition) is 1. The minimum atomic E-state index is -0.149. The minimum absolute atomic E-state index is 0.0419. The van der Waals surface area contributed by atoms with Crippen LogP contribution >= 0.6 is 11.6 Å². The van der Waals surface area contributed by atoms with E-state index in [9.17, 15) is 4.79 Å². The van der Waals surface area contributed by atoms with E-state index in [1.807, 2.05) is 60.3 Å². The van der Waals surface area contributed by atoms with Crippen LogP contribution in [-0.4, -0.2) is 30.2 Å². The summed E-state index contributed by atoms with van der Waals surface area (Å²) in [5, 5.41) is 4.88. The molecule has 140 valence electrons. The number of fused-ring (bicyclic) bond motifs is 1. The Hall–Kier alpha value is -2.30. The second kappa shape index (κ2) is 7.37. The zero-order chi connectivity index (χ0) is 18.9. The molecule has 27 heavy (non-hydrogen) atoms. The highest BCUT2D eigenvalue weighted by molar-refractivity contribution is 6.30. The van der Waals surface area contributed by atoms with E-state index in [0.717, 1.165) is 34.3 Å². The van der Waals surface area contributed by atoms with Gasteiger partial charge in [-0.25, -0.2) is 0 Å². The van der Waals surface area contributed by atoms with Gasteiger partial charge in [0.1, 0.15) is 0 Å². The third kappa shape index (κ3) is 3.47. The Morgan fingerprint density at radius 2 is 1.96 bits per heavy atom. The summed E-state index contributed by atoms with van der Waals surface area (Å²) < 4.78 is 7.57. The first kappa shape index (κ1) is 18.1. The van der Waals surface area contributed by atoms with Crippen molar-refractivity contribution < 1.29 is 9.53 Å². The van der Waals surface area contributed by atoms with Crippen LogP contribution in [0.15, 0.2) is 54.7 Å². The molecule has 5 heteroatoms. The molecule has 1 aromatic heterocycles. The highest BCUT2D eigenvalue weighted by atomic mass is 35.5. The molecule has 0 unspecified atom stereocenters. The average molecular weight is 383 g/mol. The number of aryl methyl sites for hydroxylation is 1. The van der Waals surface area contributed by atoms with Crippen LogP contribution in [0.3, 0.4) is 0 Å². The van der Waals surface area contributed by atoms with E-state index in [2.05, 4.69) is 11.4 Å². The number of nitrogens with one attached hydrogen (secondary N) is 1. The molecule has 2 aromatic carbocycles. The molecule has 0 radical (unpaired) electrons. The fourth-order valence-electron chi connectivity index (χ4n) is 4.02. The van der Waals surface area contributed by atoms with Gasteiger partial charge in [0.05, 0.1) is 5.56 Å². The number of ether oxygens (including phenoxy) is 1. The maximum absolute atomic E-state index is 13.0. The molecular formula is C22H23ClN2O2. The first-order chi connectivity index (χ1) is 13.1. The van der Waals surface area contributed by atoms with Crippen molar-refractivity contribution in [2.75, 3.05) is 19.8 Å². The van der Waals surface area contributed by atoms with Gasteiger partial charge in [-0.3, -0.25) is 4.79 Å². The normalized spacial score (nSPS) is 16.4. The first-order valence-corrected chi connectivity index (χ1v) is 9.63. The van der Waals surface area contributed by atoms with Gasteiger partial charge in [-0.1, -0.05) is 41.9 Å². The fourth-order valence-corrected chi connectivity index (χ4v) is 4.21. The van der Waals surface area contributed by atoms with Gasteiger partial charge in [0, 0.05) is 54.3 Å². The van der Waals surface area contributed by atoms with E-state index in [1.54, 1.807) is 0 Å². The van der Waals surface area contributed by atoms with Crippen molar-refractivity contribution >= 4 is 28.4 Å². The summed E-state index contributed by atoms with van der Waals surface area (Å²) in [7, 11) is 1.96. The zero-order valence-corrected chi connectivity index (χ0v) is 16.1. The maximum atomic E-state index is 13.0. The highest BCUT2D eigenvalue weighted by Crippen LogP contribution is 2.35. The van der Waals surface area contributed by atoms with Gasteiger partial charge in [-0.05, 0) is 36.6 Å². The van der Waals surface area contributed by atoms with Crippen LogP contribution < -0.4 is 5.32 Å². The Labute approximate surface area is 164 Å². The molecule has 2 heterocycles. The quantitative estimate of drug-likeness (QED) is 0.730. The number of nitrogens with zero attached hydrogens (tertiary/aromatic N) is 1. The number of carbonyl (C=O) groups is 1. The smallest absolute Gasteiger partial charge is 0.253 e. The molecule has 0 aliphatic carbocycles. The molecule has 1 aliphatic rings. The van der Waals surface area contributed by atoms with Crippen molar-refractivity contribution in [2.24, 2.45) is 7.05 Å². The van der Waals surface area contributed by atoms with E-state index >= 15 is 0 Å². The molecule has 1 fully saturated rings. The molecule has 1 saturated heterocycles. The highest BCUT2D eigenvalue weighted by Gasteiger charge is 2.35. The van der Waals surface area contributed by atoms with Crippen molar-refractivity contribution in [1.29, 1.82) is 0 Å². The van der Waals surface area contributed by atoms with Crippen LogP contribution in [0.5, 0.6) is 0 Å². The second-order valence-corrected chi connectivity index (χ2v) is 7.69. The molecule has 0 bridgehead atoms. The summed E-state index contributed by atoms with van der Waals surface area (Å²) in [4.78, 5) is 13.0. The Balaban J connectivity index is 1.60. The third-order valence-corrected chi connectivity index (χ3v) is 5.85. The van der Waals surface area contributed by atoms with E-state index < -0.39 is 0 Å². The lowest BCUT2D eigenvalue weighted by Gasteiger charge is -2.38. The molecule has 1 N–H and O–H groups in total.